The zero-order valence-corrected chi connectivity index (χ0v) is 22.1. The van der Waals surface area contributed by atoms with E-state index in [-0.39, 0.29) is 30.1 Å². The molecule has 0 unspecified atom stereocenters. The van der Waals surface area contributed by atoms with Gasteiger partial charge in [-0.25, -0.2) is 4.79 Å². The Labute approximate surface area is 210 Å². The molecule has 2 N–H and O–H groups in total. The summed E-state index contributed by atoms with van der Waals surface area (Å²) in [5.74, 6) is 1.67. The summed E-state index contributed by atoms with van der Waals surface area (Å²) in [6.45, 7) is 10.2. The van der Waals surface area contributed by atoms with E-state index in [0.717, 1.165) is 37.8 Å². The molecule has 0 bridgehead atoms. The van der Waals surface area contributed by atoms with Gasteiger partial charge in [0.05, 0.1) is 6.61 Å². The Hall–Kier alpha value is -1.55. The average molecular weight is 558 g/mol. The van der Waals surface area contributed by atoms with Crippen molar-refractivity contribution in [3.05, 3.63) is 35.4 Å². The predicted octanol–water partition coefficient (Wildman–Crippen LogP) is 3.82. The van der Waals surface area contributed by atoms with Crippen molar-refractivity contribution in [1.29, 1.82) is 0 Å². The van der Waals surface area contributed by atoms with Crippen LogP contribution in [0.3, 0.4) is 0 Å². The highest BCUT2D eigenvalue weighted by molar-refractivity contribution is 14.0. The number of benzene rings is 1. The van der Waals surface area contributed by atoms with Crippen LogP contribution in [-0.4, -0.2) is 67.7 Å². The van der Waals surface area contributed by atoms with Gasteiger partial charge in [0.15, 0.2) is 5.96 Å². The summed E-state index contributed by atoms with van der Waals surface area (Å²) in [6.07, 6.45) is 4.17. The highest BCUT2D eigenvalue weighted by Gasteiger charge is 2.24. The van der Waals surface area contributed by atoms with Crippen molar-refractivity contribution in [2.24, 2.45) is 10.9 Å². The van der Waals surface area contributed by atoms with Crippen molar-refractivity contribution in [3.8, 4) is 0 Å². The molecule has 0 saturated carbocycles. The monoisotopic (exact) mass is 557 g/mol. The van der Waals surface area contributed by atoms with Gasteiger partial charge in [0, 0.05) is 39.3 Å². The first-order valence-electron chi connectivity index (χ1n) is 11.8. The molecule has 8 heteroatoms. The molecule has 0 aliphatic carbocycles. The number of nitrogens with zero attached hydrogens (tertiary/aromatic N) is 3. The van der Waals surface area contributed by atoms with E-state index in [1.807, 2.05) is 14.0 Å². The fourth-order valence-electron chi connectivity index (χ4n) is 4.33. The third-order valence-electron chi connectivity index (χ3n) is 6.42. The number of amides is 1. The summed E-state index contributed by atoms with van der Waals surface area (Å²) in [5, 5.41) is 7.01. The predicted molar refractivity (Wildman–Crippen MR) is 140 cm³/mol. The number of hydrogen-bond acceptors (Lipinski definition) is 4. The lowest BCUT2D eigenvalue weighted by molar-refractivity contribution is 0.0963. The Morgan fingerprint density at radius 3 is 2.38 bits per heavy atom. The number of rotatable bonds is 6. The summed E-state index contributed by atoms with van der Waals surface area (Å²) in [7, 11) is 1.81. The van der Waals surface area contributed by atoms with E-state index >= 15 is 0 Å². The van der Waals surface area contributed by atoms with Crippen molar-refractivity contribution < 1.29 is 9.53 Å². The maximum Gasteiger partial charge on any atom is 0.409 e. The lowest BCUT2D eigenvalue weighted by Gasteiger charge is -2.32. The number of guanidine groups is 1. The van der Waals surface area contributed by atoms with Crippen LogP contribution >= 0.6 is 24.0 Å². The van der Waals surface area contributed by atoms with E-state index in [4.69, 9.17) is 4.74 Å². The molecule has 0 radical (unpaired) electrons. The fraction of sp³-hybridized carbons (Fsp3) is 0.667. The average Bonchev–Trinajstić information content (AvgIpc) is 2.79. The molecular formula is C24H40IN5O2. The molecule has 1 amide bonds. The molecular weight excluding hydrogens is 517 g/mol. The van der Waals surface area contributed by atoms with Crippen LogP contribution in [0.5, 0.6) is 0 Å². The third kappa shape index (κ3) is 8.10. The highest BCUT2D eigenvalue weighted by atomic mass is 127. The van der Waals surface area contributed by atoms with Crippen molar-refractivity contribution in [2.75, 3.05) is 39.8 Å². The van der Waals surface area contributed by atoms with Gasteiger partial charge in [-0.1, -0.05) is 31.2 Å². The zero-order valence-electron chi connectivity index (χ0n) is 19.8. The van der Waals surface area contributed by atoms with E-state index in [9.17, 15) is 4.79 Å². The number of ether oxygens (including phenoxy) is 1. The maximum atomic E-state index is 11.9. The lowest BCUT2D eigenvalue weighted by Crippen LogP contribution is -2.49. The second-order valence-corrected chi connectivity index (χ2v) is 8.76. The Kier molecular flexibility index (Phi) is 11.6. The summed E-state index contributed by atoms with van der Waals surface area (Å²) in [5.41, 5.74) is 2.71. The summed E-state index contributed by atoms with van der Waals surface area (Å²) < 4.78 is 5.10. The van der Waals surface area contributed by atoms with Gasteiger partial charge in [-0.05, 0) is 62.7 Å². The first-order chi connectivity index (χ1) is 15.1. The molecule has 3 rings (SSSR count). The van der Waals surface area contributed by atoms with Gasteiger partial charge in [-0.2, -0.15) is 0 Å². The molecule has 2 aliphatic rings. The van der Waals surface area contributed by atoms with Crippen LogP contribution in [0.1, 0.15) is 50.7 Å². The van der Waals surface area contributed by atoms with Crippen molar-refractivity contribution in [2.45, 2.75) is 58.7 Å². The Morgan fingerprint density at radius 2 is 1.75 bits per heavy atom. The molecule has 2 fully saturated rings. The van der Waals surface area contributed by atoms with E-state index in [1.165, 1.54) is 37.1 Å². The minimum Gasteiger partial charge on any atom is -0.450 e. The summed E-state index contributed by atoms with van der Waals surface area (Å²) in [4.78, 5) is 20.7. The standard InChI is InChI=1S/C24H39N5O2.HI/c1-4-31-24(30)29-15-11-22(12-16-29)27-23(25-3)26-17-20-7-5-6-8-21(20)18-28-13-9-19(2)10-14-28;/h5-8,19,22H,4,9-18H2,1-3H3,(H2,25,26,27);1H. The number of nitrogens with one attached hydrogen (secondary N) is 2. The van der Waals surface area contributed by atoms with Crippen LogP contribution < -0.4 is 10.6 Å². The maximum absolute atomic E-state index is 11.9. The SMILES string of the molecule is CCOC(=O)N1CCC(NC(=NC)NCc2ccccc2CN2CCC(C)CC2)CC1.I. The lowest BCUT2D eigenvalue weighted by atomic mass is 9.98. The minimum absolute atomic E-state index is 0. The van der Waals surface area contributed by atoms with Crippen molar-refractivity contribution in [1.82, 2.24) is 20.4 Å². The molecule has 2 aliphatic heterocycles. The number of hydrogen-bond donors (Lipinski definition) is 2. The van der Waals surface area contributed by atoms with Crippen molar-refractivity contribution >= 4 is 36.0 Å². The first kappa shape index (κ1) is 26.7. The second kappa shape index (κ2) is 13.9. The van der Waals surface area contributed by atoms with Crippen LogP contribution in [0.15, 0.2) is 29.3 Å². The molecule has 2 heterocycles. The Morgan fingerprint density at radius 1 is 1.09 bits per heavy atom. The first-order valence-corrected chi connectivity index (χ1v) is 11.8. The number of carbonyl (C=O) groups excluding carboxylic acids is 1. The molecule has 0 atom stereocenters. The molecule has 7 nitrogen and oxygen atoms in total. The van der Waals surface area contributed by atoms with Gasteiger partial charge in [0.25, 0.3) is 0 Å². The number of carbonyl (C=O) groups is 1. The molecule has 2 saturated heterocycles. The molecule has 32 heavy (non-hydrogen) atoms. The van der Waals surface area contributed by atoms with Crippen LogP contribution in [0.4, 0.5) is 4.79 Å². The fourth-order valence-corrected chi connectivity index (χ4v) is 4.33. The molecule has 1 aromatic carbocycles. The molecule has 1 aromatic rings. The largest absolute Gasteiger partial charge is 0.450 e. The topological polar surface area (TPSA) is 69.2 Å². The number of halogens is 1. The molecule has 0 aromatic heterocycles. The van der Waals surface area contributed by atoms with E-state index in [0.29, 0.717) is 25.7 Å². The number of aliphatic imine (C=N–C) groups is 1. The van der Waals surface area contributed by atoms with Gasteiger partial charge < -0.3 is 20.3 Å². The second-order valence-electron chi connectivity index (χ2n) is 8.76. The number of piperidine rings is 2. The third-order valence-corrected chi connectivity index (χ3v) is 6.42. The normalized spacial score (nSPS) is 18.7. The quantitative estimate of drug-likeness (QED) is 0.316. The smallest absolute Gasteiger partial charge is 0.409 e. The van der Waals surface area contributed by atoms with E-state index in [1.54, 1.807) is 4.90 Å². The van der Waals surface area contributed by atoms with Gasteiger partial charge in [-0.3, -0.25) is 9.89 Å². The zero-order chi connectivity index (χ0) is 22.1. The van der Waals surface area contributed by atoms with Gasteiger partial charge in [-0.15, -0.1) is 24.0 Å². The van der Waals surface area contributed by atoms with E-state index in [2.05, 4.69) is 51.7 Å². The minimum atomic E-state index is -0.205. The van der Waals surface area contributed by atoms with Crippen LogP contribution in [-0.2, 0) is 17.8 Å². The molecule has 0 spiro atoms. The number of likely N-dealkylation sites (tertiary alicyclic amines) is 2. The van der Waals surface area contributed by atoms with Gasteiger partial charge in [0.1, 0.15) is 0 Å². The molecule has 180 valence electrons. The van der Waals surface area contributed by atoms with Gasteiger partial charge in [0.2, 0.25) is 0 Å². The van der Waals surface area contributed by atoms with Crippen LogP contribution in [0, 0.1) is 5.92 Å². The van der Waals surface area contributed by atoms with E-state index < -0.39 is 0 Å². The highest BCUT2D eigenvalue weighted by Crippen LogP contribution is 2.19. The van der Waals surface area contributed by atoms with Crippen molar-refractivity contribution in [3.63, 3.8) is 0 Å². The van der Waals surface area contributed by atoms with Crippen LogP contribution in [0.2, 0.25) is 0 Å². The Balaban J connectivity index is 0.00000363. The Bertz CT molecular complexity index is 729. The van der Waals surface area contributed by atoms with Crippen LogP contribution in [0.25, 0.3) is 0 Å². The summed E-state index contributed by atoms with van der Waals surface area (Å²) >= 11 is 0. The van der Waals surface area contributed by atoms with Gasteiger partial charge >= 0.3 is 6.09 Å². The summed E-state index contributed by atoms with van der Waals surface area (Å²) in [6, 6.07) is 9.01.